The Morgan fingerprint density at radius 3 is 2.27 bits per heavy atom. The first-order valence-corrected chi connectivity index (χ1v) is 12.7. The van der Waals surface area contributed by atoms with E-state index in [0.29, 0.717) is 30.8 Å². The number of carbonyl (C=O) groups excluding carboxylic acids is 2. The molecule has 33 heavy (non-hydrogen) atoms. The fourth-order valence-corrected chi connectivity index (χ4v) is 5.65. The van der Waals surface area contributed by atoms with Crippen molar-refractivity contribution in [3.8, 4) is 0 Å². The number of hydrogen-bond donors (Lipinski definition) is 2. The van der Waals surface area contributed by atoms with Gasteiger partial charge in [-0.3, -0.25) is 9.59 Å². The Kier molecular flexibility index (Phi) is 8.82. The smallest absolute Gasteiger partial charge is 0.309 e. The van der Waals surface area contributed by atoms with Gasteiger partial charge in [-0.15, -0.1) is 0 Å². The molecule has 1 aliphatic rings. The zero-order chi connectivity index (χ0) is 23.8. The van der Waals surface area contributed by atoms with Crippen LogP contribution in [0.5, 0.6) is 0 Å². The monoisotopic (exact) mass is 495 g/mol. The molecule has 1 atom stereocenters. The van der Waals surface area contributed by atoms with Crippen molar-refractivity contribution in [1.82, 2.24) is 14.9 Å². The van der Waals surface area contributed by atoms with Gasteiger partial charge < -0.3 is 10.6 Å². The molecule has 1 heterocycles. The second kappa shape index (κ2) is 11.6. The van der Waals surface area contributed by atoms with Gasteiger partial charge in [-0.2, -0.15) is 4.31 Å². The maximum atomic E-state index is 13.1. The van der Waals surface area contributed by atoms with Gasteiger partial charge in [0.05, 0.1) is 4.90 Å². The van der Waals surface area contributed by atoms with Crippen LogP contribution in [0.15, 0.2) is 53.4 Å². The molecular weight excluding hydrogens is 469 g/mol. The van der Waals surface area contributed by atoms with Crippen LogP contribution in [-0.4, -0.2) is 50.2 Å². The van der Waals surface area contributed by atoms with Crippen molar-refractivity contribution >= 4 is 33.4 Å². The SMILES string of the molecule is O=C(NCCc1ccc(F)cc1)C(=O)NCC[C@H]1CCCCN1S(=O)(=O)c1ccc(Cl)cc1. The van der Waals surface area contributed by atoms with Crippen molar-refractivity contribution in [3.63, 3.8) is 0 Å². The van der Waals surface area contributed by atoms with Crippen LogP contribution in [-0.2, 0) is 26.0 Å². The number of piperidine rings is 1. The topological polar surface area (TPSA) is 95.6 Å². The number of nitrogens with one attached hydrogen (secondary N) is 2. The minimum Gasteiger partial charge on any atom is -0.348 e. The summed E-state index contributed by atoms with van der Waals surface area (Å²) in [6, 6.07) is 11.7. The molecule has 2 aromatic carbocycles. The van der Waals surface area contributed by atoms with Crippen LogP contribution in [0.25, 0.3) is 0 Å². The first-order chi connectivity index (χ1) is 15.8. The van der Waals surface area contributed by atoms with Crippen molar-refractivity contribution < 1.29 is 22.4 Å². The Bertz CT molecular complexity index is 1060. The number of carbonyl (C=O) groups is 2. The Hall–Kier alpha value is -2.49. The van der Waals surface area contributed by atoms with E-state index in [1.807, 2.05) is 0 Å². The van der Waals surface area contributed by atoms with Crippen molar-refractivity contribution in [2.75, 3.05) is 19.6 Å². The molecule has 1 saturated heterocycles. The third-order valence-corrected chi connectivity index (χ3v) is 7.79. The minimum absolute atomic E-state index is 0.182. The molecule has 3 rings (SSSR count). The molecule has 0 aromatic heterocycles. The Morgan fingerprint density at radius 2 is 1.61 bits per heavy atom. The highest BCUT2D eigenvalue weighted by molar-refractivity contribution is 7.89. The quantitative estimate of drug-likeness (QED) is 0.550. The molecule has 7 nitrogen and oxygen atoms in total. The van der Waals surface area contributed by atoms with E-state index in [0.717, 1.165) is 18.4 Å². The van der Waals surface area contributed by atoms with Crippen LogP contribution in [0, 0.1) is 5.82 Å². The summed E-state index contributed by atoms with van der Waals surface area (Å²) in [5.41, 5.74) is 0.844. The largest absolute Gasteiger partial charge is 0.348 e. The lowest BCUT2D eigenvalue weighted by Crippen LogP contribution is -2.46. The van der Waals surface area contributed by atoms with E-state index in [-0.39, 0.29) is 29.8 Å². The Balaban J connectivity index is 1.47. The summed E-state index contributed by atoms with van der Waals surface area (Å²) in [6.07, 6.45) is 3.23. The number of benzene rings is 2. The van der Waals surface area contributed by atoms with Gasteiger partial charge in [0.15, 0.2) is 0 Å². The van der Waals surface area contributed by atoms with Gasteiger partial charge in [-0.25, -0.2) is 12.8 Å². The van der Waals surface area contributed by atoms with Gasteiger partial charge in [0, 0.05) is 30.7 Å². The average molecular weight is 496 g/mol. The van der Waals surface area contributed by atoms with E-state index in [1.54, 1.807) is 24.3 Å². The van der Waals surface area contributed by atoms with E-state index >= 15 is 0 Å². The lowest BCUT2D eigenvalue weighted by molar-refractivity contribution is -0.139. The van der Waals surface area contributed by atoms with Gasteiger partial charge in [0.25, 0.3) is 0 Å². The Labute approximate surface area is 198 Å². The first-order valence-electron chi connectivity index (χ1n) is 10.9. The van der Waals surface area contributed by atoms with Gasteiger partial charge in [0.1, 0.15) is 5.82 Å². The van der Waals surface area contributed by atoms with Crippen LogP contribution in [0.3, 0.4) is 0 Å². The number of hydrogen-bond acceptors (Lipinski definition) is 4. The van der Waals surface area contributed by atoms with Crippen molar-refractivity contribution in [2.24, 2.45) is 0 Å². The summed E-state index contributed by atoms with van der Waals surface area (Å²) < 4.78 is 40.6. The van der Waals surface area contributed by atoms with E-state index in [1.165, 1.54) is 28.6 Å². The third kappa shape index (κ3) is 6.99. The molecule has 0 saturated carbocycles. The van der Waals surface area contributed by atoms with Crippen LogP contribution in [0.4, 0.5) is 4.39 Å². The van der Waals surface area contributed by atoms with Crippen molar-refractivity contribution in [1.29, 1.82) is 0 Å². The number of nitrogens with zero attached hydrogens (tertiary/aromatic N) is 1. The number of halogens is 2. The summed E-state index contributed by atoms with van der Waals surface area (Å²) in [4.78, 5) is 24.3. The lowest BCUT2D eigenvalue weighted by Gasteiger charge is -2.34. The lowest BCUT2D eigenvalue weighted by atomic mass is 10.0. The molecule has 0 bridgehead atoms. The summed E-state index contributed by atoms with van der Waals surface area (Å²) in [7, 11) is -3.68. The zero-order valence-corrected chi connectivity index (χ0v) is 19.7. The molecule has 2 N–H and O–H groups in total. The molecule has 0 unspecified atom stereocenters. The van der Waals surface area contributed by atoms with Crippen molar-refractivity contribution in [3.05, 3.63) is 64.9 Å². The predicted molar refractivity (Wildman–Crippen MR) is 124 cm³/mol. The highest BCUT2D eigenvalue weighted by atomic mass is 35.5. The van der Waals surface area contributed by atoms with E-state index in [9.17, 15) is 22.4 Å². The molecule has 2 aromatic rings. The molecule has 1 fully saturated rings. The van der Waals surface area contributed by atoms with Crippen LogP contribution < -0.4 is 10.6 Å². The molecule has 2 amide bonds. The van der Waals surface area contributed by atoms with Crippen LogP contribution in [0.2, 0.25) is 5.02 Å². The molecule has 1 aliphatic heterocycles. The summed E-state index contributed by atoms with van der Waals surface area (Å²) in [6.45, 7) is 0.836. The van der Waals surface area contributed by atoms with Gasteiger partial charge >= 0.3 is 11.8 Å². The fourth-order valence-electron chi connectivity index (χ4n) is 3.81. The highest BCUT2D eigenvalue weighted by Crippen LogP contribution is 2.27. The normalized spacial score (nSPS) is 16.8. The molecular formula is C23H27ClFN3O4S. The summed E-state index contributed by atoms with van der Waals surface area (Å²) in [5.74, 6) is -1.86. The second-order valence-electron chi connectivity index (χ2n) is 7.90. The molecule has 10 heteroatoms. The van der Waals surface area contributed by atoms with Gasteiger partial charge in [-0.05, 0) is 67.6 Å². The minimum atomic E-state index is -3.68. The number of amides is 2. The molecule has 0 radical (unpaired) electrons. The van der Waals surface area contributed by atoms with Gasteiger partial charge in [-0.1, -0.05) is 30.2 Å². The molecule has 178 valence electrons. The van der Waals surface area contributed by atoms with E-state index in [2.05, 4.69) is 10.6 Å². The average Bonchev–Trinajstić information content (AvgIpc) is 2.80. The summed E-state index contributed by atoms with van der Waals surface area (Å²) in [5, 5.41) is 5.56. The van der Waals surface area contributed by atoms with Crippen LogP contribution in [0.1, 0.15) is 31.2 Å². The predicted octanol–water partition coefficient (Wildman–Crippen LogP) is 2.89. The van der Waals surface area contributed by atoms with Gasteiger partial charge in [0.2, 0.25) is 10.0 Å². The van der Waals surface area contributed by atoms with E-state index in [4.69, 9.17) is 11.6 Å². The Morgan fingerprint density at radius 1 is 0.970 bits per heavy atom. The third-order valence-electron chi connectivity index (χ3n) is 5.58. The molecule has 0 aliphatic carbocycles. The fraction of sp³-hybridized carbons (Fsp3) is 0.391. The zero-order valence-electron chi connectivity index (χ0n) is 18.1. The van der Waals surface area contributed by atoms with Crippen LogP contribution >= 0.6 is 11.6 Å². The van der Waals surface area contributed by atoms with Crippen molar-refractivity contribution in [2.45, 2.75) is 43.0 Å². The molecule has 0 spiro atoms. The second-order valence-corrected chi connectivity index (χ2v) is 10.2. The maximum absolute atomic E-state index is 13.1. The number of sulfonamides is 1. The number of rotatable bonds is 8. The highest BCUT2D eigenvalue weighted by Gasteiger charge is 2.33. The maximum Gasteiger partial charge on any atom is 0.309 e. The summed E-state index contributed by atoms with van der Waals surface area (Å²) >= 11 is 5.87. The standard InChI is InChI=1S/C23H27ClFN3O4S/c24-18-6-10-21(11-7-18)33(31,32)28-16-2-1-3-20(28)13-15-27-23(30)22(29)26-14-12-17-4-8-19(25)9-5-17/h4-11,20H,1-3,12-16H2,(H,26,29)(H,27,30)/t20-/m1/s1. The van der Waals surface area contributed by atoms with E-state index < -0.39 is 21.8 Å². The first kappa shape index (κ1) is 25.1.